The molecule has 2 N–H and O–H groups in total. The van der Waals surface area contributed by atoms with Crippen LogP contribution in [0.2, 0.25) is 0 Å². The largest absolute Gasteiger partial charge is 0.390 e. The Balaban J connectivity index is 1.03. The van der Waals surface area contributed by atoms with Crippen LogP contribution in [-0.2, 0) is 16.0 Å². The van der Waals surface area contributed by atoms with Gasteiger partial charge in [-0.15, -0.1) is 11.3 Å². The van der Waals surface area contributed by atoms with Crippen LogP contribution in [0.25, 0.3) is 10.4 Å². The van der Waals surface area contributed by atoms with Crippen LogP contribution in [0.15, 0.2) is 72.1 Å². The number of para-hydroxylation sites is 1. The molecule has 4 heterocycles. The molecule has 3 aliphatic heterocycles. The molecule has 3 fully saturated rings. The second kappa shape index (κ2) is 15.0. The molecule has 1 amide bonds. The number of carbonyl (C=O) groups is 1. The minimum absolute atomic E-state index is 0.162. The summed E-state index contributed by atoms with van der Waals surface area (Å²) >= 11 is 1.79. The number of aliphatic hydroxyl groups is 1. The van der Waals surface area contributed by atoms with Gasteiger partial charge in [-0.05, 0) is 73.5 Å². The highest BCUT2D eigenvalue weighted by atomic mass is 32.1. The predicted octanol–water partition coefficient (Wildman–Crippen LogP) is 3.77. The number of thiophene rings is 1. The lowest BCUT2D eigenvalue weighted by Crippen LogP contribution is -2.56. The molecule has 0 bridgehead atoms. The fourth-order valence-electron chi connectivity index (χ4n) is 7.02. The van der Waals surface area contributed by atoms with Gasteiger partial charge in [0.25, 0.3) is 0 Å². The van der Waals surface area contributed by atoms with E-state index < -0.39 is 11.6 Å². The number of carbonyl (C=O) groups excluding carboxylic acids is 1. The molecule has 1 aromatic heterocycles. The Hall–Kier alpha value is -2.79. The van der Waals surface area contributed by atoms with Gasteiger partial charge in [0, 0.05) is 56.4 Å². The number of amides is 1. The zero-order valence-electron chi connectivity index (χ0n) is 25.8. The first kappa shape index (κ1) is 31.2. The first-order valence-corrected chi connectivity index (χ1v) is 17.2. The van der Waals surface area contributed by atoms with E-state index in [0.29, 0.717) is 19.8 Å². The smallest absolute Gasteiger partial charge is 0.250 e. The number of aliphatic hydroxyl groups excluding tert-OH is 1. The minimum atomic E-state index is -0.599. The summed E-state index contributed by atoms with van der Waals surface area (Å²) < 4.78 is 5.43. The molecule has 0 aliphatic carbocycles. The number of β-amino-alcohol motifs (C(OH)–C–C–N with tert-alkyl or cyclic N) is 1. The first-order chi connectivity index (χ1) is 21.6. The average molecular weight is 618 g/mol. The van der Waals surface area contributed by atoms with Gasteiger partial charge in [-0.3, -0.25) is 9.69 Å². The van der Waals surface area contributed by atoms with Crippen molar-refractivity contribution < 1.29 is 14.6 Å². The number of ether oxygens (including phenoxy) is 1. The molecule has 3 aromatic rings. The fraction of sp³-hybridized carbons (Fsp3) is 0.514. The highest BCUT2D eigenvalue weighted by Gasteiger charge is 2.53. The highest BCUT2D eigenvalue weighted by Crippen LogP contribution is 2.39. The molecular formula is C35H47N5O3S. The van der Waals surface area contributed by atoms with Crippen molar-refractivity contribution in [1.82, 2.24) is 20.0 Å². The number of benzene rings is 2. The van der Waals surface area contributed by atoms with Crippen LogP contribution in [0, 0.1) is 0 Å². The van der Waals surface area contributed by atoms with E-state index in [9.17, 15) is 9.90 Å². The molecule has 3 saturated heterocycles. The van der Waals surface area contributed by atoms with Gasteiger partial charge in [-0.1, -0.05) is 48.5 Å². The van der Waals surface area contributed by atoms with Gasteiger partial charge in [0.2, 0.25) is 5.91 Å². The van der Waals surface area contributed by atoms with Crippen molar-refractivity contribution in [2.45, 2.75) is 37.3 Å². The normalized spacial score (nSPS) is 20.1. The molecule has 0 saturated carbocycles. The summed E-state index contributed by atoms with van der Waals surface area (Å²) in [6.45, 7) is 9.66. The van der Waals surface area contributed by atoms with E-state index in [1.807, 2.05) is 23.1 Å². The standard InChI is InChI=1S/C35H47N5O3S/c41-31(26-36-16-7-17-37-21-23-43-24-22-37)27-39-28-40(30-9-2-1-3-10-30)35(34(39)42)14-19-38(20-15-35)18-13-29-8-4-5-11-32(29)33-12-6-25-44-33/h1-6,8-12,25,31,36,41H,7,13-24,26-28H2/t31-/m0/s1. The van der Waals surface area contributed by atoms with Crippen molar-refractivity contribution in [3.63, 3.8) is 0 Å². The third-order valence-electron chi connectivity index (χ3n) is 9.51. The van der Waals surface area contributed by atoms with Gasteiger partial charge >= 0.3 is 0 Å². The number of nitrogens with one attached hydrogen (secondary N) is 1. The number of piperidine rings is 1. The Morgan fingerprint density at radius 3 is 2.43 bits per heavy atom. The van der Waals surface area contributed by atoms with Crippen molar-refractivity contribution in [3.8, 4) is 10.4 Å². The Kier molecular flexibility index (Phi) is 10.6. The summed E-state index contributed by atoms with van der Waals surface area (Å²) in [6, 6.07) is 23.4. The number of rotatable bonds is 13. The summed E-state index contributed by atoms with van der Waals surface area (Å²) in [6.07, 6.45) is 3.02. The van der Waals surface area contributed by atoms with Crippen LogP contribution in [0.4, 0.5) is 5.69 Å². The van der Waals surface area contributed by atoms with Crippen molar-refractivity contribution in [2.75, 3.05) is 83.7 Å². The van der Waals surface area contributed by atoms with Gasteiger partial charge in [-0.25, -0.2) is 0 Å². The third-order valence-corrected chi connectivity index (χ3v) is 10.4. The van der Waals surface area contributed by atoms with Crippen LogP contribution in [0.3, 0.4) is 0 Å². The van der Waals surface area contributed by atoms with E-state index in [1.54, 1.807) is 11.3 Å². The summed E-state index contributed by atoms with van der Waals surface area (Å²) in [5.41, 5.74) is 3.24. The van der Waals surface area contributed by atoms with Gasteiger partial charge < -0.3 is 29.9 Å². The SMILES string of the molecule is O=C1N(C[C@@H](O)CNCCCN2CCOCC2)CN(c2ccccc2)C12CCN(CCc1ccccc1-c1cccs1)CC2. The predicted molar refractivity (Wildman–Crippen MR) is 178 cm³/mol. The summed E-state index contributed by atoms with van der Waals surface area (Å²) in [7, 11) is 0. The molecule has 44 heavy (non-hydrogen) atoms. The highest BCUT2D eigenvalue weighted by molar-refractivity contribution is 7.13. The van der Waals surface area contributed by atoms with Gasteiger partial charge in [0.1, 0.15) is 5.54 Å². The summed E-state index contributed by atoms with van der Waals surface area (Å²) in [5, 5.41) is 16.5. The van der Waals surface area contributed by atoms with E-state index in [0.717, 1.165) is 90.4 Å². The fourth-order valence-corrected chi connectivity index (χ4v) is 7.80. The molecule has 6 rings (SSSR count). The Morgan fingerprint density at radius 2 is 1.66 bits per heavy atom. The van der Waals surface area contributed by atoms with Crippen molar-refractivity contribution in [1.29, 1.82) is 0 Å². The average Bonchev–Trinajstić information content (AvgIpc) is 3.69. The zero-order chi connectivity index (χ0) is 30.2. The van der Waals surface area contributed by atoms with Crippen LogP contribution in [-0.4, -0.2) is 116 Å². The summed E-state index contributed by atoms with van der Waals surface area (Å²) in [5.74, 6) is 0.162. The molecule has 3 aliphatic rings. The number of hydrogen-bond donors (Lipinski definition) is 2. The molecule has 8 nitrogen and oxygen atoms in total. The van der Waals surface area contributed by atoms with Gasteiger partial charge in [-0.2, -0.15) is 0 Å². The van der Waals surface area contributed by atoms with Crippen LogP contribution in [0.1, 0.15) is 24.8 Å². The van der Waals surface area contributed by atoms with E-state index in [-0.39, 0.29) is 5.91 Å². The van der Waals surface area contributed by atoms with Crippen molar-refractivity contribution in [3.05, 3.63) is 77.7 Å². The molecule has 1 spiro atoms. The molecule has 0 radical (unpaired) electrons. The molecule has 1 atom stereocenters. The van der Waals surface area contributed by atoms with Gasteiger partial charge in [0.15, 0.2) is 0 Å². The molecule has 236 valence electrons. The first-order valence-electron chi connectivity index (χ1n) is 16.3. The summed E-state index contributed by atoms with van der Waals surface area (Å²) in [4.78, 5) is 24.6. The quantitative estimate of drug-likeness (QED) is 0.283. The third kappa shape index (κ3) is 7.36. The van der Waals surface area contributed by atoms with E-state index in [2.05, 4.69) is 73.9 Å². The zero-order valence-corrected chi connectivity index (χ0v) is 26.6. The number of hydrogen-bond acceptors (Lipinski definition) is 8. The Labute approximate surface area is 266 Å². The van der Waals surface area contributed by atoms with E-state index in [1.165, 1.54) is 16.0 Å². The maximum absolute atomic E-state index is 14.1. The molecule has 0 unspecified atom stereocenters. The number of anilines is 1. The number of nitrogens with zero attached hydrogens (tertiary/aromatic N) is 4. The lowest BCUT2D eigenvalue weighted by molar-refractivity contribution is -0.134. The van der Waals surface area contributed by atoms with Crippen molar-refractivity contribution in [2.24, 2.45) is 0 Å². The lowest BCUT2D eigenvalue weighted by atomic mass is 9.85. The maximum Gasteiger partial charge on any atom is 0.250 e. The number of likely N-dealkylation sites (tertiary alicyclic amines) is 1. The topological polar surface area (TPSA) is 71.5 Å². The maximum atomic E-state index is 14.1. The van der Waals surface area contributed by atoms with Crippen LogP contribution >= 0.6 is 11.3 Å². The molecule has 2 aromatic carbocycles. The monoisotopic (exact) mass is 617 g/mol. The Morgan fingerprint density at radius 1 is 0.909 bits per heavy atom. The second-order valence-electron chi connectivity index (χ2n) is 12.4. The Bertz CT molecular complexity index is 1310. The van der Waals surface area contributed by atoms with Gasteiger partial charge in [0.05, 0.1) is 26.0 Å². The van der Waals surface area contributed by atoms with Crippen LogP contribution < -0.4 is 10.2 Å². The van der Waals surface area contributed by atoms with Crippen molar-refractivity contribution >= 4 is 22.9 Å². The minimum Gasteiger partial charge on any atom is -0.390 e. The second-order valence-corrected chi connectivity index (χ2v) is 13.3. The van der Waals surface area contributed by atoms with Crippen LogP contribution in [0.5, 0.6) is 0 Å². The van der Waals surface area contributed by atoms with E-state index >= 15 is 0 Å². The molecule has 9 heteroatoms. The number of morpholine rings is 1. The van der Waals surface area contributed by atoms with E-state index in [4.69, 9.17) is 4.74 Å². The molecular weight excluding hydrogens is 570 g/mol. The lowest BCUT2D eigenvalue weighted by Gasteiger charge is -2.43.